The van der Waals surface area contributed by atoms with E-state index in [1.807, 2.05) is 17.0 Å². The minimum absolute atomic E-state index is 0.00859. The van der Waals surface area contributed by atoms with Gasteiger partial charge in [0.1, 0.15) is 5.75 Å². The zero-order valence-corrected chi connectivity index (χ0v) is 15.0. The molecule has 0 radical (unpaired) electrons. The molecule has 6 heteroatoms. The van der Waals surface area contributed by atoms with E-state index in [-0.39, 0.29) is 35.8 Å². The van der Waals surface area contributed by atoms with Crippen molar-refractivity contribution in [2.45, 2.75) is 39.2 Å². The molecule has 25 heavy (non-hydrogen) atoms. The second kappa shape index (κ2) is 7.04. The van der Waals surface area contributed by atoms with Crippen molar-refractivity contribution in [1.29, 1.82) is 0 Å². The van der Waals surface area contributed by atoms with Crippen LogP contribution in [0.3, 0.4) is 0 Å². The minimum Gasteiger partial charge on any atom is -0.484 e. The number of anilines is 1. The molecule has 1 unspecified atom stereocenters. The van der Waals surface area contributed by atoms with Gasteiger partial charge in [0, 0.05) is 36.8 Å². The first-order chi connectivity index (χ1) is 11.8. The smallest absolute Gasteiger partial charge is 0.260 e. The summed E-state index contributed by atoms with van der Waals surface area (Å²) >= 11 is 0. The minimum atomic E-state index is -0.0824. The third-order valence-corrected chi connectivity index (χ3v) is 5.08. The molecular weight excluding hydrogens is 318 g/mol. The van der Waals surface area contributed by atoms with Gasteiger partial charge in [-0.1, -0.05) is 19.9 Å². The van der Waals surface area contributed by atoms with Crippen molar-refractivity contribution >= 4 is 17.5 Å². The molecule has 2 aliphatic rings. The van der Waals surface area contributed by atoms with Crippen LogP contribution in [-0.2, 0) is 9.59 Å². The number of carbonyl (C=O) groups excluding carboxylic acids is 2. The summed E-state index contributed by atoms with van der Waals surface area (Å²) in [6.45, 7) is 5.48. The molecule has 1 saturated heterocycles. The Kier molecular flexibility index (Phi) is 4.99. The van der Waals surface area contributed by atoms with Crippen molar-refractivity contribution in [3.8, 4) is 5.75 Å². The normalized spacial score (nSPS) is 22.4. The highest BCUT2D eigenvalue weighted by atomic mass is 16.5. The molecule has 3 rings (SSSR count). The van der Waals surface area contributed by atoms with Crippen LogP contribution in [0.1, 0.15) is 33.1 Å². The summed E-state index contributed by atoms with van der Waals surface area (Å²) in [5.74, 6) is 0.752. The van der Waals surface area contributed by atoms with E-state index in [4.69, 9.17) is 10.5 Å². The van der Waals surface area contributed by atoms with Crippen LogP contribution in [0.2, 0.25) is 0 Å². The fourth-order valence-corrected chi connectivity index (χ4v) is 3.08. The van der Waals surface area contributed by atoms with Crippen LogP contribution in [0.15, 0.2) is 24.3 Å². The maximum Gasteiger partial charge on any atom is 0.260 e. The topological polar surface area (TPSA) is 84.7 Å². The number of nitrogens with zero attached hydrogens (tertiary/aromatic N) is 1. The van der Waals surface area contributed by atoms with Crippen molar-refractivity contribution in [2.75, 3.05) is 25.0 Å². The molecule has 1 saturated carbocycles. The van der Waals surface area contributed by atoms with Gasteiger partial charge < -0.3 is 20.7 Å². The van der Waals surface area contributed by atoms with Crippen LogP contribution in [0, 0.1) is 11.3 Å². The third kappa shape index (κ3) is 4.51. The van der Waals surface area contributed by atoms with Gasteiger partial charge in [-0.2, -0.15) is 0 Å². The van der Waals surface area contributed by atoms with Gasteiger partial charge in [-0.3, -0.25) is 9.59 Å². The lowest BCUT2D eigenvalue weighted by Gasteiger charge is -2.42. The second-order valence-electron chi connectivity index (χ2n) is 7.78. The number of amides is 2. The van der Waals surface area contributed by atoms with Crippen LogP contribution in [0.25, 0.3) is 0 Å². The van der Waals surface area contributed by atoms with E-state index in [1.54, 1.807) is 12.1 Å². The average molecular weight is 345 g/mol. The van der Waals surface area contributed by atoms with Crippen LogP contribution in [-0.4, -0.2) is 42.5 Å². The van der Waals surface area contributed by atoms with E-state index in [0.717, 1.165) is 19.3 Å². The first-order valence-electron chi connectivity index (χ1n) is 8.92. The van der Waals surface area contributed by atoms with E-state index in [9.17, 15) is 9.59 Å². The van der Waals surface area contributed by atoms with Gasteiger partial charge in [0.05, 0.1) is 0 Å². The summed E-state index contributed by atoms with van der Waals surface area (Å²) in [7, 11) is 0. The summed E-state index contributed by atoms with van der Waals surface area (Å²) in [6.07, 6.45) is 2.74. The first kappa shape index (κ1) is 17.7. The van der Waals surface area contributed by atoms with Gasteiger partial charge in [-0.05, 0) is 36.8 Å². The van der Waals surface area contributed by atoms with E-state index >= 15 is 0 Å². The number of hydrogen-bond donors (Lipinski definition) is 2. The number of nitrogens with one attached hydrogen (secondary N) is 1. The fourth-order valence-electron chi connectivity index (χ4n) is 3.08. The highest BCUT2D eigenvalue weighted by Gasteiger charge is 2.35. The Balaban J connectivity index is 1.52. The van der Waals surface area contributed by atoms with Crippen molar-refractivity contribution in [3.63, 3.8) is 0 Å². The zero-order chi connectivity index (χ0) is 18.0. The summed E-state index contributed by atoms with van der Waals surface area (Å²) in [5.41, 5.74) is 6.74. The maximum absolute atomic E-state index is 12.4. The number of ether oxygens (including phenoxy) is 1. The summed E-state index contributed by atoms with van der Waals surface area (Å²) in [6, 6.07) is 7.29. The summed E-state index contributed by atoms with van der Waals surface area (Å²) < 4.78 is 5.64. The molecular formula is C19H27N3O3. The highest BCUT2D eigenvalue weighted by molar-refractivity contribution is 5.94. The van der Waals surface area contributed by atoms with Crippen molar-refractivity contribution in [3.05, 3.63) is 24.3 Å². The number of piperidine rings is 1. The predicted octanol–water partition coefficient (Wildman–Crippen LogP) is 2.00. The first-order valence-corrected chi connectivity index (χ1v) is 8.92. The fraction of sp³-hybridized carbons (Fsp3) is 0.579. The standard InChI is InChI=1S/C19H27N3O3/c1-19(2)12-22(9-8-16(19)20)17(23)11-25-15-5-3-4-14(10-15)21-18(24)13-6-7-13/h3-5,10,13,16H,6-9,11-12,20H2,1-2H3,(H,21,24). The predicted molar refractivity (Wildman–Crippen MR) is 96.2 cm³/mol. The Hall–Kier alpha value is -2.08. The van der Waals surface area contributed by atoms with Gasteiger partial charge in [-0.15, -0.1) is 0 Å². The van der Waals surface area contributed by atoms with Crippen molar-refractivity contribution < 1.29 is 14.3 Å². The van der Waals surface area contributed by atoms with Gasteiger partial charge in [0.25, 0.3) is 5.91 Å². The Morgan fingerprint density at radius 2 is 2.08 bits per heavy atom. The number of likely N-dealkylation sites (tertiary alicyclic amines) is 1. The molecule has 1 aromatic rings. The molecule has 1 atom stereocenters. The van der Waals surface area contributed by atoms with Gasteiger partial charge in [0.2, 0.25) is 5.91 Å². The van der Waals surface area contributed by atoms with Crippen LogP contribution in [0.5, 0.6) is 5.75 Å². The van der Waals surface area contributed by atoms with Gasteiger partial charge in [-0.25, -0.2) is 0 Å². The van der Waals surface area contributed by atoms with Gasteiger partial charge >= 0.3 is 0 Å². The Bertz CT molecular complexity index is 655. The zero-order valence-electron chi connectivity index (χ0n) is 15.0. The Morgan fingerprint density at radius 3 is 2.76 bits per heavy atom. The van der Waals surface area contributed by atoms with E-state index in [2.05, 4.69) is 19.2 Å². The quantitative estimate of drug-likeness (QED) is 0.855. The summed E-state index contributed by atoms with van der Waals surface area (Å²) in [5, 5.41) is 2.88. The molecule has 1 aliphatic carbocycles. The monoisotopic (exact) mass is 345 g/mol. The molecule has 0 aromatic heterocycles. The highest BCUT2D eigenvalue weighted by Crippen LogP contribution is 2.31. The van der Waals surface area contributed by atoms with E-state index in [1.165, 1.54) is 0 Å². The van der Waals surface area contributed by atoms with Crippen LogP contribution in [0.4, 0.5) is 5.69 Å². The SMILES string of the molecule is CC1(C)CN(C(=O)COc2cccc(NC(=O)C3CC3)c2)CCC1N. The van der Waals surface area contributed by atoms with Crippen molar-refractivity contribution in [1.82, 2.24) is 4.90 Å². The van der Waals surface area contributed by atoms with Crippen LogP contribution < -0.4 is 15.8 Å². The molecule has 0 bridgehead atoms. The number of carbonyl (C=O) groups is 2. The Morgan fingerprint density at radius 1 is 1.32 bits per heavy atom. The largest absolute Gasteiger partial charge is 0.484 e. The van der Waals surface area contributed by atoms with Crippen LogP contribution >= 0.6 is 0 Å². The molecule has 0 spiro atoms. The molecule has 2 fully saturated rings. The molecule has 136 valence electrons. The average Bonchev–Trinajstić information content (AvgIpc) is 3.40. The molecule has 1 heterocycles. The number of rotatable bonds is 5. The lowest BCUT2D eigenvalue weighted by molar-refractivity contribution is -0.136. The van der Waals surface area contributed by atoms with Gasteiger partial charge in [0.15, 0.2) is 6.61 Å². The Labute approximate surface area is 148 Å². The molecule has 1 aliphatic heterocycles. The molecule has 6 nitrogen and oxygen atoms in total. The maximum atomic E-state index is 12.4. The lowest BCUT2D eigenvalue weighted by atomic mass is 9.80. The number of hydrogen-bond acceptors (Lipinski definition) is 4. The number of benzene rings is 1. The summed E-state index contributed by atoms with van der Waals surface area (Å²) in [4.78, 5) is 26.1. The molecule has 2 amide bonds. The number of nitrogens with two attached hydrogens (primary N) is 1. The second-order valence-corrected chi connectivity index (χ2v) is 7.78. The van der Waals surface area contributed by atoms with E-state index in [0.29, 0.717) is 24.5 Å². The lowest BCUT2D eigenvalue weighted by Crippen LogP contribution is -2.54. The third-order valence-electron chi connectivity index (χ3n) is 5.08. The molecule has 3 N–H and O–H groups in total. The molecule has 1 aromatic carbocycles. The van der Waals surface area contributed by atoms with Crippen molar-refractivity contribution in [2.24, 2.45) is 17.1 Å². The van der Waals surface area contributed by atoms with E-state index < -0.39 is 0 Å².